The van der Waals surface area contributed by atoms with Crippen molar-refractivity contribution in [3.63, 3.8) is 0 Å². The summed E-state index contributed by atoms with van der Waals surface area (Å²) in [7, 11) is 0. The Hall–Kier alpha value is -1.71. The summed E-state index contributed by atoms with van der Waals surface area (Å²) in [5, 5.41) is 23.0. The first-order valence-electron chi connectivity index (χ1n) is 10.1. The van der Waals surface area contributed by atoms with E-state index in [9.17, 15) is 24.6 Å². The van der Waals surface area contributed by atoms with Crippen LogP contribution < -0.4 is 0 Å². The van der Waals surface area contributed by atoms with E-state index in [1.54, 1.807) is 0 Å². The molecular formula is C20H24O9. The largest absolute Gasteiger partial charge is 0.459 e. The highest BCUT2D eigenvalue weighted by atomic mass is 16.8. The van der Waals surface area contributed by atoms with Crippen LogP contribution in [-0.2, 0) is 33.3 Å². The fraction of sp³-hybridized carbons (Fsp3) is 0.850. The quantitative estimate of drug-likeness (QED) is 0.408. The number of fused-ring (bicyclic) bond motifs is 1. The van der Waals surface area contributed by atoms with Gasteiger partial charge in [0.15, 0.2) is 11.7 Å². The first kappa shape index (κ1) is 18.1. The second kappa shape index (κ2) is 4.48. The Labute approximate surface area is 166 Å². The molecule has 0 unspecified atom stereocenters. The van der Waals surface area contributed by atoms with Crippen LogP contribution in [0.15, 0.2) is 0 Å². The highest BCUT2D eigenvalue weighted by Crippen LogP contribution is 2.84. The van der Waals surface area contributed by atoms with Crippen molar-refractivity contribution in [1.82, 2.24) is 0 Å². The van der Waals surface area contributed by atoms with Crippen LogP contribution in [0.4, 0.5) is 0 Å². The second-order valence-corrected chi connectivity index (χ2v) is 10.6. The number of carbonyl (C=O) groups is 3. The fourth-order valence-electron chi connectivity index (χ4n) is 8.06. The zero-order chi connectivity index (χ0) is 20.9. The van der Waals surface area contributed by atoms with Crippen molar-refractivity contribution < 1.29 is 43.5 Å². The van der Waals surface area contributed by atoms with E-state index in [4.69, 9.17) is 18.9 Å². The summed E-state index contributed by atoms with van der Waals surface area (Å²) < 4.78 is 22.9. The molecule has 6 rings (SSSR count). The smallest absolute Gasteiger partial charge is 0.342 e. The van der Waals surface area contributed by atoms with Crippen LogP contribution in [0.3, 0.4) is 0 Å². The predicted octanol–water partition coefficient (Wildman–Crippen LogP) is -0.340. The van der Waals surface area contributed by atoms with Crippen molar-refractivity contribution in [2.45, 2.75) is 76.3 Å². The van der Waals surface area contributed by atoms with Crippen LogP contribution in [0.1, 0.15) is 40.5 Å². The van der Waals surface area contributed by atoms with Gasteiger partial charge in [0.25, 0.3) is 0 Å². The molecule has 9 heteroatoms. The lowest BCUT2D eigenvalue weighted by Crippen LogP contribution is -2.66. The molecule has 10 atom stereocenters. The van der Waals surface area contributed by atoms with E-state index in [0.717, 1.165) is 0 Å². The Morgan fingerprint density at radius 1 is 1.03 bits per heavy atom. The molecule has 29 heavy (non-hydrogen) atoms. The van der Waals surface area contributed by atoms with E-state index in [1.807, 2.05) is 20.8 Å². The minimum atomic E-state index is -1.97. The predicted molar refractivity (Wildman–Crippen MR) is 90.6 cm³/mol. The molecule has 0 aromatic heterocycles. The average Bonchev–Trinajstić information content (AvgIpc) is 3.31. The zero-order valence-electron chi connectivity index (χ0n) is 16.6. The Bertz CT molecular complexity index is 893. The Morgan fingerprint density at radius 3 is 2.38 bits per heavy atom. The molecule has 6 aliphatic rings. The van der Waals surface area contributed by atoms with Crippen molar-refractivity contribution in [3.05, 3.63) is 0 Å². The van der Waals surface area contributed by atoms with E-state index in [-0.39, 0.29) is 17.8 Å². The number of aliphatic hydroxyl groups excluding tert-OH is 1. The fourth-order valence-corrected chi connectivity index (χ4v) is 8.06. The van der Waals surface area contributed by atoms with Crippen LogP contribution in [0.5, 0.6) is 0 Å². The molecule has 4 saturated heterocycles. The Kier molecular flexibility index (Phi) is 2.79. The van der Waals surface area contributed by atoms with Gasteiger partial charge in [0.2, 0.25) is 11.9 Å². The molecule has 0 amide bonds. The molecule has 2 aliphatic carbocycles. The van der Waals surface area contributed by atoms with E-state index >= 15 is 0 Å². The lowest BCUT2D eigenvalue weighted by molar-refractivity contribution is -0.238. The SMILES string of the molecule is C[C@@H]1C(=O)O[C@@H]2C[C@@]34[C@@H]5C[C@@H](C(C)(C)C)[C@]36[C@H](OC(=O)[C@@H]6O)O[C@@]4(C(=O)O5)[C@@]12O. The van der Waals surface area contributed by atoms with Gasteiger partial charge in [-0.25, -0.2) is 9.59 Å². The van der Waals surface area contributed by atoms with Crippen LogP contribution in [0, 0.1) is 28.1 Å². The maximum Gasteiger partial charge on any atom is 0.342 e. The van der Waals surface area contributed by atoms with Crippen LogP contribution >= 0.6 is 0 Å². The molecule has 0 radical (unpaired) electrons. The molecule has 4 aliphatic heterocycles. The van der Waals surface area contributed by atoms with E-state index in [2.05, 4.69) is 0 Å². The van der Waals surface area contributed by atoms with Crippen molar-refractivity contribution in [2.75, 3.05) is 0 Å². The topological polar surface area (TPSA) is 129 Å². The van der Waals surface area contributed by atoms with Gasteiger partial charge in [-0.05, 0) is 24.7 Å². The summed E-state index contributed by atoms with van der Waals surface area (Å²) in [4.78, 5) is 38.1. The van der Waals surface area contributed by atoms with Gasteiger partial charge in [-0.15, -0.1) is 0 Å². The molecule has 2 spiro atoms. The highest BCUT2D eigenvalue weighted by molar-refractivity contribution is 5.93. The number of esters is 3. The summed E-state index contributed by atoms with van der Waals surface area (Å²) >= 11 is 0. The van der Waals surface area contributed by atoms with E-state index in [0.29, 0.717) is 6.42 Å². The number of rotatable bonds is 0. The van der Waals surface area contributed by atoms with Crippen LogP contribution in [-0.4, -0.2) is 63.9 Å². The first-order chi connectivity index (χ1) is 13.4. The molecule has 158 valence electrons. The van der Waals surface area contributed by atoms with Gasteiger partial charge >= 0.3 is 17.9 Å². The lowest BCUT2D eigenvalue weighted by Gasteiger charge is -2.46. The second-order valence-electron chi connectivity index (χ2n) is 10.6. The monoisotopic (exact) mass is 408 g/mol. The summed E-state index contributed by atoms with van der Waals surface area (Å²) in [6, 6.07) is 0. The van der Waals surface area contributed by atoms with Crippen LogP contribution in [0.25, 0.3) is 0 Å². The van der Waals surface area contributed by atoms with E-state index < -0.39 is 70.5 Å². The molecule has 4 heterocycles. The summed E-state index contributed by atoms with van der Waals surface area (Å²) in [6.07, 6.45) is -3.96. The summed E-state index contributed by atoms with van der Waals surface area (Å²) in [5.74, 6) is -3.52. The van der Waals surface area contributed by atoms with Crippen molar-refractivity contribution in [1.29, 1.82) is 0 Å². The van der Waals surface area contributed by atoms with Gasteiger partial charge in [-0.3, -0.25) is 4.79 Å². The lowest BCUT2D eigenvalue weighted by atomic mass is 9.51. The standard InChI is InChI=1S/C20H24O9/c1-7-12(22)26-10-6-17-9-5-8(16(2,3)4)18(17)11(21)13(23)28-15(18)29-20(17,14(24)27-9)19(7,10)25/h7-11,15,21,25H,5-6H2,1-4H3/t7-,8+,9+,10-,11+,15-,17-,18+,19-,20-/m1/s1. The van der Waals surface area contributed by atoms with Gasteiger partial charge in [-0.1, -0.05) is 20.8 Å². The number of aliphatic hydroxyl groups is 2. The number of hydrogen-bond acceptors (Lipinski definition) is 9. The zero-order valence-corrected chi connectivity index (χ0v) is 16.6. The van der Waals surface area contributed by atoms with Gasteiger partial charge in [0, 0.05) is 6.42 Å². The Morgan fingerprint density at radius 2 is 1.72 bits per heavy atom. The molecule has 6 fully saturated rings. The molecular weight excluding hydrogens is 384 g/mol. The maximum absolute atomic E-state index is 13.3. The van der Waals surface area contributed by atoms with Gasteiger partial charge in [0.05, 0.1) is 16.7 Å². The van der Waals surface area contributed by atoms with Crippen molar-refractivity contribution in [3.8, 4) is 0 Å². The van der Waals surface area contributed by atoms with E-state index in [1.165, 1.54) is 6.92 Å². The minimum Gasteiger partial charge on any atom is -0.459 e. The number of carbonyl (C=O) groups excluding carboxylic acids is 3. The molecule has 9 nitrogen and oxygen atoms in total. The van der Waals surface area contributed by atoms with Gasteiger partial charge in [0.1, 0.15) is 12.2 Å². The molecule has 2 saturated carbocycles. The molecule has 0 bridgehead atoms. The third-order valence-electron chi connectivity index (χ3n) is 8.97. The Balaban J connectivity index is 1.68. The maximum atomic E-state index is 13.3. The third-order valence-corrected chi connectivity index (χ3v) is 8.97. The highest BCUT2D eigenvalue weighted by Gasteiger charge is 3.01. The summed E-state index contributed by atoms with van der Waals surface area (Å²) in [5.41, 5.74) is -6.81. The number of ether oxygens (including phenoxy) is 4. The molecule has 0 aromatic carbocycles. The third kappa shape index (κ3) is 1.35. The average molecular weight is 408 g/mol. The van der Waals surface area contributed by atoms with Crippen LogP contribution in [0.2, 0.25) is 0 Å². The molecule has 0 aromatic rings. The molecule has 2 N–H and O–H groups in total. The van der Waals surface area contributed by atoms with Gasteiger partial charge in [-0.2, -0.15) is 0 Å². The number of hydrogen-bond donors (Lipinski definition) is 2. The normalized spacial score (nSPS) is 59.2. The van der Waals surface area contributed by atoms with Crippen molar-refractivity contribution in [2.24, 2.45) is 28.1 Å². The van der Waals surface area contributed by atoms with Crippen molar-refractivity contribution >= 4 is 17.9 Å². The van der Waals surface area contributed by atoms with Gasteiger partial charge < -0.3 is 29.2 Å². The first-order valence-corrected chi connectivity index (χ1v) is 10.1. The minimum absolute atomic E-state index is 0.0623. The summed E-state index contributed by atoms with van der Waals surface area (Å²) in [6.45, 7) is 7.47.